The van der Waals surface area contributed by atoms with Crippen LogP contribution in [0.25, 0.3) is 0 Å². The number of nitrogens with one attached hydrogen (secondary N) is 2. The fraction of sp³-hybridized carbons (Fsp3) is 0.263. The molecule has 1 heterocycles. The molecule has 0 aromatic heterocycles. The van der Waals surface area contributed by atoms with E-state index in [2.05, 4.69) is 24.5 Å². The Balaban J connectivity index is 1.75. The third-order valence-corrected chi connectivity index (χ3v) is 4.13. The first-order valence-electron chi connectivity index (χ1n) is 8.12. The van der Waals surface area contributed by atoms with E-state index in [0.29, 0.717) is 24.6 Å². The van der Waals surface area contributed by atoms with E-state index in [0.717, 1.165) is 16.9 Å². The van der Waals surface area contributed by atoms with Crippen LogP contribution in [-0.4, -0.2) is 25.0 Å². The maximum Gasteiger partial charge on any atom is 0.321 e. The molecular weight excluding hydrogens is 302 g/mol. The van der Waals surface area contributed by atoms with Gasteiger partial charge in [0.1, 0.15) is 0 Å². The lowest BCUT2D eigenvalue weighted by molar-refractivity contribution is 0.102. The van der Waals surface area contributed by atoms with Gasteiger partial charge in [0.2, 0.25) is 0 Å². The van der Waals surface area contributed by atoms with Crippen LogP contribution in [0.1, 0.15) is 35.7 Å². The summed E-state index contributed by atoms with van der Waals surface area (Å²) in [6, 6.07) is 14.8. The van der Waals surface area contributed by atoms with Crippen molar-refractivity contribution in [2.45, 2.75) is 19.8 Å². The highest BCUT2D eigenvalue weighted by Gasteiger charge is 2.21. The topological polar surface area (TPSA) is 61.4 Å². The Bertz CT molecular complexity index is 753. The van der Waals surface area contributed by atoms with Crippen LogP contribution in [0.15, 0.2) is 48.5 Å². The van der Waals surface area contributed by atoms with Gasteiger partial charge in [-0.15, -0.1) is 0 Å². The van der Waals surface area contributed by atoms with Crippen molar-refractivity contribution in [1.29, 1.82) is 0 Å². The van der Waals surface area contributed by atoms with Crippen molar-refractivity contribution in [3.05, 3.63) is 59.7 Å². The molecule has 1 aliphatic rings. The highest BCUT2D eigenvalue weighted by molar-refractivity contribution is 6.05. The molecule has 2 N–H and O–H groups in total. The minimum atomic E-state index is -0.152. The van der Waals surface area contributed by atoms with Crippen molar-refractivity contribution in [3.63, 3.8) is 0 Å². The number of nitrogens with zero attached hydrogens (tertiary/aromatic N) is 1. The molecule has 2 aromatic rings. The lowest BCUT2D eigenvalue weighted by atomic mass is 10.0. The summed E-state index contributed by atoms with van der Waals surface area (Å²) in [7, 11) is 0. The summed E-state index contributed by atoms with van der Waals surface area (Å²) < 4.78 is 0. The van der Waals surface area contributed by atoms with Crippen LogP contribution in [0.2, 0.25) is 0 Å². The smallest absolute Gasteiger partial charge is 0.321 e. The summed E-state index contributed by atoms with van der Waals surface area (Å²) in [6.07, 6.45) is 0. The molecule has 0 bridgehead atoms. The van der Waals surface area contributed by atoms with E-state index >= 15 is 0 Å². The second-order valence-corrected chi connectivity index (χ2v) is 6.13. The first kappa shape index (κ1) is 16.1. The molecule has 5 nitrogen and oxygen atoms in total. The Morgan fingerprint density at radius 3 is 2.46 bits per heavy atom. The average Bonchev–Trinajstić information content (AvgIpc) is 3.01. The molecular formula is C19H21N3O2. The highest BCUT2D eigenvalue weighted by Crippen LogP contribution is 2.24. The Morgan fingerprint density at radius 2 is 1.83 bits per heavy atom. The van der Waals surface area contributed by atoms with Gasteiger partial charge in [0.25, 0.3) is 5.91 Å². The maximum atomic E-state index is 12.5. The Kier molecular flexibility index (Phi) is 4.51. The Hall–Kier alpha value is -2.82. The maximum absolute atomic E-state index is 12.5. The zero-order chi connectivity index (χ0) is 17.1. The quantitative estimate of drug-likeness (QED) is 0.903. The number of hydrogen-bond acceptors (Lipinski definition) is 2. The SMILES string of the molecule is CC(C)c1ccccc1NC(=O)c1ccc(N2CCNC2=O)cc1. The second kappa shape index (κ2) is 6.74. The van der Waals surface area contributed by atoms with Crippen LogP contribution in [0.5, 0.6) is 0 Å². The third-order valence-electron chi connectivity index (χ3n) is 4.13. The highest BCUT2D eigenvalue weighted by atomic mass is 16.2. The summed E-state index contributed by atoms with van der Waals surface area (Å²) in [5.74, 6) is 0.179. The summed E-state index contributed by atoms with van der Waals surface area (Å²) in [5, 5.41) is 5.74. The molecule has 3 amide bonds. The first-order chi connectivity index (χ1) is 11.6. The van der Waals surface area contributed by atoms with Gasteiger partial charge >= 0.3 is 6.03 Å². The van der Waals surface area contributed by atoms with E-state index in [4.69, 9.17) is 0 Å². The van der Waals surface area contributed by atoms with Crippen molar-refractivity contribution in [2.75, 3.05) is 23.3 Å². The van der Waals surface area contributed by atoms with E-state index in [1.165, 1.54) is 0 Å². The molecule has 0 aliphatic carbocycles. The Labute approximate surface area is 141 Å². The van der Waals surface area contributed by atoms with Crippen LogP contribution >= 0.6 is 0 Å². The van der Waals surface area contributed by atoms with Gasteiger partial charge in [-0.05, 0) is 41.8 Å². The minimum Gasteiger partial charge on any atom is -0.336 e. The van der Waals surface area contributed by atoms with Crippen LogP contribution in [0.4, 0.5) is 16.2 Å². The van der Waals surface area contributed by atoms with Crippen molar-refractivity contribution < 1.29 is 9.59 Å². The van der Waals surface area contributed by atoms with E-state index in [1.807, 2.05) is 24.3 Å². The summed E-state index contributed by atoms with van der Waals surface area (Å²) in [5.41, 5.74) is 3.30. The average molecular weight is 323 g/mol. The number of benzene rings is 2. The predicted molar refractivity (Wildman–Crippen MR) is 95.7 cm³/mol. The lowest BCUT2D eigenvalue weighted by Gasteiger charge is -2.15. The first-order valence-corrected chi connectivity index (χ1v) is 8.12. The van der Waals surface area contributed by atoms with Crippen molar-refractivity contribution >= 4 is 23.3 Å². The van der Waals surface area contributed by atoms with Gasteiger partial charge in [0.15, 0.2) is 0 Å². The van der Waals surface area contributed by atoms with Crippen molar-refractivity contribution in [2.24, 2.45) is 0 Å². The van der Waals surface area contributed by atoms with Crippen LogP contribution in [0, 0.1) is 0 Å². The number of rotatable bonds is 4. The molecule has 5 heteroatoms. The number of carbonyl (C=O) groups excluding carboxylic acids is 2. The number of amides is 3. The zero-order valence-corrected chi connectivity index (χ0v) is 13.9. The fourth-order valence-corrected chi connectivity index (χ4v) is 2.82. The van der Waals surface area contributed by atoms with Crippen molar-refractivity contribution in [1.82, 2.24) is 5.32 Å². The lowest BCUT2D eigenvalue weighted by Crippen LogP contribution is -2.27. The minimum absolute atomic E-state index is 0.0990. The molecule has 24 heavy (non-hydrogen) atoms. The van der Waals surface area contributed by atoms with Gasteiger partial charge in [-0.1, -0.05) is 32.0 Å². The molecule has 1 saturated heterocycles. The molecule has 0 saturated carbocycles. The molecule has 3 rings (SSSR count). The molecule has 1 fully saturated rings. The third kappa shape index (κ3) is 3.25. The molecule has 2 aromatic carbocycles. The van der Waals surface area contributed by atoms with Crippen LogP contribution in [0.3, 0.4) is 0 Å². The second-order valence-electron chi connectivity index (χ2n) is 6.13. The van der Waals surface area contributed by atoms with E-state index < -0.39 is 0 Å². The monoisotopic (exact) mass is 323 g/mol. The van der Waals surface area contributed by atoms with Gasteiger partial charge in [0, 0.05) is 30.0 Å². The van der Waals surface area contributed by atoms with Gasteiger partial charge in [-0.2, -0.15) is 0 Å². The van der Waals surface area contributed by atoms with Gasteiger partial charge in [0.05, 0.1) is 0 Å². The van der Waals surface area contributed by atoms with Crippen LogP contribution in [-0.2, 0) is 0 Å². The van der Waals surface area contributed by atoms with Crippen molar-refractivity contribution in [3.8, 4) is 0 Å². The molecule has 0 atom stereocenters. The summed E-state index contributed by atoms with van der Waals surface area (Å²) in [4.78, 5) is 25.8. The van der Waals surface area contributed by atoms with E-state index in [-0.39, 0.29) is 11.9 Å². The van der Waals surface area contributed by atoms with Gasteiger partial charge in [-0.3, -0.25) is 9.69 Å². The molecule has 0 spiro atoms. The molecule has 0 unspecified atom stereocenters. The van der Waals surface area contributed by atoms with E-state index in [1.54, 1.807) is 29.2 Å². The van der Waals surface area contributed by atoms with Gasteiger partial charge in [-0.25, -0.2) is 4.79 Å². The standard InChI is InChI=1S/C19H21N3O2/c1-13(2)16-5-3-4-6-17(16)21-18(23)14-7-9-15(10-8-14)22-12-11-20-19(22)24/h3-10,13H,11-12H2,1-2H3,(H,20,24)(H,21,23). The van der Waals surface area contributed by atoms with Gasteiger partial charge < -0.3 is 10.6 Å². The Morgan fingerprint density at radius 1 is 1.12 bits per heavy atom. The molecule has 1 aliphatic heterocycles. The number of para-hydroxylation sites is 1. The zero-order valence-electron chi connectivity index (χ0n) is 13.9. The largest absolute Gasteiger partial charge is 0.336 e. The molecule has 0 radical (unpaired) electrons. The number of anilines is 2. The number of urea groups is 1. The number of carbonyl (C=O) groups is 2. The molecule has 124 valence electrons. The summed E-state index contributed by atoms with van der Waals surface area (Å²) >= 11 is 0. The van der Waals surface area contributed by atoms with Crippen LogP contribution < -0.4 is 15.5 Å². The predicted octanol–water partition coefficient (Wildman–Crippen LogP) is 3.59. The number of hydrogen-bond donors (Lipinski definition) is 2. The fourth-order valence-electron chi connectivity index (χ4n) is 2.82. The summed E-state index contributed by atoms with van der Waals surface area (Å²) in [6.45, 7) is 5.49. The normalized spacial score (nSPS) is 14.0. The van der Waals surface area contributed by atoms with E-state index in [9.17, 15) is 9.59 Å².